The number of alkyl halides is 3. The van der Waals surface area contributed by atoms with Crippen molar-refractivity contribution in [1.82, 2.24) is 9.97 Å². The molecule has 9 heteroatoms. The summed E-state index contributed by atoms with van der Waals surface area (Å²) in [6, 6.07) is 14.0. The highest BCUT2D eigenvalue weighted by atomic mass is 35.5. The quantitative estimate of drug-likeness (QED) is 0.326. The molecule has 0 unspecified atom stereocenters. The summed E-state index contributed by atoms with van der Waals surface area (Å²) >= 11 is 12.8. The summed E-state index contributed by atoms with van der Waals surface area (Å²) in [5.74, 6) is 0.479. The molecule has 1 aromatic heterocycles. The Morgan fingerprint density at radius 3 is 2.33 bits per heavy atom. The molecule has 0 saturated heterocycles. The van der Waals surface area contributed by atoms with E-state index in [0.29, 0.717) is 21.5 Å². The SMILES string of the molecule is FC(F)(F)c1cc(Oc2ccc(Cl)cc2)nc(SCc2cccc(Cl)c2)n1. The van der Waals surface area contributed by atoms with Crippen LogP contribution in [-0.2, 0) is 11.9 Å². The minimum Gasteiger partial charge on any atom is -0.439 e. The van der Waals surface area contributed by atoms with Crippen molar-refractivity contribution in [2.75, 3.05) is 0 Å². The van der Waals surface area contributed by atoms with Crippen LogP contribution in [0.4, 0.5) is 13.2 Å². The van der Waals surface area contributed by atoms with Crippen LogP contribution in [0, 0.1) is 0 Å². The number of ether oxygens (including phenoxy) is 1. The summed E-state index contributed by atoms with van der Waals surface area (Å²) in [7, 11) is 0. The van der Waals surface area contributed by atoms with E-state index in [2.05, 4.69) is 9.97 Å². The monoisotopic (exact) mass is 430 g/mol. The summed E-state index contributed by atoms with van der Waals surface area (Å²) in [6.45, 7) is 0. The third-order valence-electron chi connectivity index (χ3n) is 3.27. The molecule has 0 amide bonds. The average Bonchev–Trinajstić information content (AvgIpc) is 2.61. The molecule has 2 aromatic carbocycles. The minimum atomic E-state index is -4.62. The second-order valence-corrected chi connectivity index (χ2v) is 7.16. The molecule has 0 N–H and O–H groups in total. The summed E-state index contributed by atoms with van der Waals surface area (Å²) in [6.07, 6.45) is -4.62. The van der Waals surface area contributed by atoms with Gasteiger partial charge in [-0.25, -0.2) is 4.98 Å². The third kappa shape index (κ3) is 5.76. The van der Waals surface area contributed by atoms with Crippen molar-refractivity contribution in [3.8, 4) is 11.6 Å². The molecule has 0 fully saturated rings. The zero-order valence-corrected chi connectivity index (χ0v) is 15.8. The van der Waals surface area contributed by atoms with Crippen LogP contribution in [0.15, 0.2) is 59.8 Å². The second-order valence-electron chi connectivity index (χ2n) is 5.35. The van der Waals surface area contributed by atoms with Gasteiger partial charge in [-0.3, -0.25) is 0 Å². The van der Waals surface area contributed by atoms with E-state index in [1.807, 2.05) is 6.07 Å². The highest BCUT2D eigenvalue weighted by Crippen LogP contribution is 2.33. The van der Waals surface area contributed by atoms with Gasteiger partial charge < -0.3 is 4.74 Å². The Bertz CT molecular complexity index is 937. The standard InChI is InChI=1S/C18H11Cl2F3N2OS/c19-12-4-6-14(7-5-12)26-16-9-15(18(21,22)23)24-17(25-16)27-10-11-2-1-3-13(20)8-11/h1-9H,10H2. The van der Waals surface area contributed by atoms with Crippen molar-refractivity contribution in [2.24, 2.45) is 0 Å². The lowest BCUT2D eigenvalue weighted by Gasteiger charge is -2.11. The number of benzene rings is 2. The first-order chi connectivity index (χ1) is 12.8. The van der Waals surface area contributed by atoms with E-state index in [4.69, 9.17) is 27.9 Å². The number of rotatable bonds is 5. The Morgan fingerprint density at radius 1 is 0.926 bits per heavy atom. The Balaban J connectivity index is 1.85. The van der Waals surface area contributed by atoms with Gasteiger partial charge in [-0.05, 0) is 42.0 Å². The smallest absolute Gasteiger partial charge is 0.433 e. The van der Waals surface area contributed by atoms with Crippen LogP contribution in [0.2, 0.25) is 10.0 Å². The lowest BCUT2D eigenvalue weighted by molar-refractivity contribution is -0.141. The molecule has 0 aliphatic heterocycles. The minimum absolute atomic E-state index is 0.0474. The van der Waals surface area contributed by atoms with Gasteiger partial charge in [0.15, 0.2) is 10.9 Å². The molecule has 3 aromatic rings. The first-order valence-corrected chi connectivity index (χ1v) is 9.31. The van der Waals surface area contributed by atoms with Crippen molar-refractivity contribution in [2.45, 2.75) is 17.1 Å². The Labute approximate surface area is 167 Å². The van der Waals surface area contributed by atoms with Gasteiger partial charge in [0.25, 0.3) is 0 Å². The van der Waals surface area contributed by atoms with Gasteiger partial charge >= 0.3 is 6.18 Å². The Morgan fingerprint density at radius 2 is 1.67 bits per heavy atom. The summed E-state index contributed by atoms with van der Waals surface area (Å²) in [4.78, 5) is 7.66. The molecule has 0 aliphatic carbocycles. The van der Waals surface area contributed by atoms with E-state index < -0.39 is 11.9 Å². The van der Waals surface area contributed by atoms with E-state index in [-0.39, 0.29) is 11.0 Å². The van der Waals surface area contributed by atoms with Crippen LogP contribution < -0.4 is 4.74 Å². The fraction of sp³-hybridized carbons (Fsp3) is 0.111. The predicted molar refractivity (Wildman–Crippen MR) is 99.6 cm³/mol. The van der Waals surface area contributed by atoms with Gasteiger partial charge in [0.1, 0.15) is 5.75 Å². The van der Waals surface area contributed by atoms with E-state index in [0.717, 1.165) is 23.4 Å². The van der Waals surface area contributed by atoms with Gasteiger partial charge in [-0.2, -0.15) is 18.2 Å². The zero-order chi connectivity index (χ0) is 19.4. The molecule has 0 aliphatic rings. The Hall–Kier alpha value is -1.96. The normalized spacial score (nSPS) is 11.4. The van der Waals surface area contributed by atoms with Crippen molar-refractivity contribution in [3.05, 3.63) is 75.9 Å². The maximum atomic E-state index is 13.2. The van der Waals surface area contributed by atoms with Crippen LogP contribution in [0.3, 0.4) is 0 Å². The lowest BCUT2D eigenvalue weighted by Crippen LogP contribution is -2.10. The second kappa shape index (κ2) is 8.37. The van der Waals surface area contributed by atoms with Gasteiger partial charge in [0.05, 0.1) is 0 Å². The summed E-state index contributed by atoms with van der Waals surface area (Å²) in [5.41, 5.74) is -0.233. The number of halogens is 5. The van der Waals surface area contributed by atoms with Gasteiger partial charge in [0.2, 0.25) is 5.88 Å². The molecule has 0 bridgehead atoms. The average molecular weight is 431 g/mol. The molecular weight excluding hydrogens is 420 g/mol. The molecule has 3 rings (SSSR count). The number of aromatic nitrogens is 2. The van der Waals surface area contributed by atoms with Crippen LogP contribution >= 0.6 is 35.0 Å². The van der Waals surface area contributed by atoms with E-state index in [1.165, 1.54) is 12.1 Å². The highest BCUT2D eigenvalue weighted by Gasteiger charge is 2.34. The first-order valence-electron chi connectivity index (χ1n) is 7.56. The van der Waals surface area contributed by atoms with E-state index >= 15 is 0 Å². The number of hydrogen-bond acceptors (Lipinski definition) is 4. The highest BCUT2D eigenvalue weighted by molar-refractivity contribution is 7.98. The molecule has 0 spiro atoms. The Kier molecular flexibility index (Phi) is 6.14. The van der Waals surface area contributed by atoms with Crippen molar-refractivity contribution in [1.29, 1.82) is 0 Å². The van der Waals surface area contributed by atoms with Crippen molar-refractivity contribution >= 4 is 35.0 Å². The maximum Gasteiger partial charge on any atom is 0.433 e. The number of nitrogens with zero attached hydrogens (tertiary/aromatic N) is 2. The first kappa shape index (κ1) is 19.8. The third-order valence-corrected chi connectivity index (χ3v) is 4.67. The fourth-order valence-electron chi connectivity index (χ4n) is 2.06. The lowest BCUT2D eigenvalue weighted by atomic mass is 10.2. The molecule has 3 nitrogen and oxygen atoms in total. The van der Waals surface area contributed by atoms with Gasteiger partial charge in [-0.1, -0.05) is 47.1 Å². The topological polar surface area (TPSA) is 35.0 Å². The van der Waals surface area contributed by atoms with E-state index in [1.54, 1.807) is 30.3 Å². The molecule has 0 saturated carbocycles. The van der Waals surface area contributed by atoms with Crippen LogP contribution in [-0.4, -0.2) is 9.97 Å². The predicted octanol–water partition coefficient (Wildman–Crippen LogP) is 6.89. The zero-order valence-electron chi connectivity index (χ0n) is 13.5. The molecule has 1 heterocycles. The molecular formula is C18H11Cl2F3N2OS. The van der Waals surface area contributed by atoms with Gasteiger partial charge in [-0.15, -0.1) is 0 Å². The molecule has 0 atom stereocenters. The summed E-state index contributed by atoms with van der Waals surface area (Å²) < 4.78 is 44.9. The molecule has 0 radical (unpaired) electrons. The largest absolute Gasteiger partial charge is 0.439 e. The van der Waals surface area contributed by atoms with Crippen LogP contribution in [0.5, 0.6) is 11.6 Å². The van der Waals surface area contributed by atoms with Crippen LogP contribution in [0.25, 0.3) is 0 Å². The summed E-state index contributed by atoms with van der Waals surface area (Å²) in [5, 5.41) is 0.984. The van der Waals surface area contributed by atoms with Gasteiger partial charge in [0, 0.05) is 21.9 Å². The molecule has 27 heavy (non-hydrogen) atoms. The number of thioether (sulfide) groups is 1. The van der Waals surface area contributed by atoms with E-state index in [9.17, 15) is 13.2 Å². The van der Waals surface area contributed by atoms with Crippen molar-refractivity contribution in [3.63, 3.8) is 0 Å². The van der Waals surface area contributed by atoms with Crippen molar-refractivity contribution < 1.29 is 17.9 Å². The maximum absolute atomic E-state index is 13.2. The molecule has 140 valence electrons. The fourth-order valence-corrected chi connectivity index (χ4v) is 3.20. The number of hydrogen-bond donors (Lipinski definition) is 0. The van der Waals surface area contributed by atoms with Crippen LogP contribution in [0.1, 0.15) is 11.3 Å².